The van der Waals surface area contributed by atoms with Crippen LogP contribution in [0.1, 0.15) is 35.0 Å². The van der Waals surface area contributed by atoms with Crippen LogP contribution in [0.25, 0.3) is 0 Å². The number of thiazole rings is 1. The van der Waals surface area contributed by atoms with Crippen molar-refractivity contribution in [1.29, 1.82) is 0 Å². The lowest BCUT2D eigenvalue weighted by atomic mass is 10.2. The Bertz CT molecular complexity index is 784. The maximum Gasteiger partial charge on any atom is 0.257 e. The summed E-state index contributed by atoms with van der Waals surface area (Å²) in [4.78, 5) is 21.9. The zero-order valence-corrected chi connectivity index (χ0v) is 17.8. The molecule has 0 saturated carbocycles. The molecule has 0 aliphatic rings. The molecule has 0 fully saturated rings. The highest BCUT2D eigenvalue weighted by atomic mass is 32.1. The molecule has 1 amide bonds. The molecule has 28 heavy (non-hydrogen) atoms. The summed E-state index contributed by atoms with van der Waals surface area (Å²) < 4.78 is 5.54. The molecular weight excluding hydrogens is 374 g/mol. The fourth-order valence-electron chi connectivity index (χ4n) is 2.42. The van der Waals surface area contributed by atoms with Gasteiger partial charge in [0, 0.05) is 18.0 Å². The largest absolute Gasteiger partial charge is 0.484 e. The van der Waals surface area contributed by atoms with Gasteiger partial charge in [-0.15, -0.1) is 11.3 Å². The van der Waals surface area contributed by atoms with Crippen molar-refractivity contribution in [2.45, 2.75) is 40.8 Å². The number of aryl methyl sites for hydroxylation is 2. The van der Waals surface area contributed by atoms with Gasteiger partial charge in [-0.1, -0.05) is 12.1 Å². The first-order valence-corrected chi connectivity index (χ1v) is 10.3. The molecule has 0 spiro atoms. The summed E-state index contributed by atoms with van der Waals surface area (Å²) in [5, 5.41) is 10.3. The van der Waals surface area contributed by atoms with Gasteiger partial charge in [-0.25, -0.2) is 9.98 Å². The van der Waals surface area contributed by atoms with Crippen molar-refractivity contribution in [2.75, 3.05) is 19.7 Å². The normalized spacial score (nSPS) is 11.2. The van der Waals surface area contributed by atoms with E-state index in [2.05, 4.69) is 32.9 Å². The third-order valence-corrected chi connectivity index (χ3v) is 4.96. The van der Waals surface area contributed by atoms with Crippen LogP contribution in [-0.2, 0) is 17.9 Å². The summed E-state index contributed by atoms with van der Waals surface area (Å²) in [6.07, 6.45) is 0. The Morgan fingerprint density at radius 3 is 2.64 bits per heavy atom. The maximum absolute atomic E-state index is 11.5. The number of guanidine groups is 1. The molecule has 7 nitrogen and oxygen atoms in total. The van der Waals surface area contributed by atoms with E-state index < -0.39 is 0 Å². The van der Waals surface area contributed by atoms with Gasteiger partial charge in [0.25, 0.3) is 5.91 Å². The fourth-order valence-corrected chi connectivity index (χ4v) is 3.29. The Hall–Kier alpha value is -2.61. The Labute approximate surface area is 170 Å². The van der Waals surface area contributed by atoms with Gasteiger partial charge in [0.1, 0.15) is 10.8 Å². The number of aromatic nitrogens is 1. The van der Waals surface area contributed by atoms with Crippen LogP contribution in [0.4, 0.5) is 0 Å². The molecule has 0 unspecified atom stereocenters. The molecule has 0 atom stereocenters. The Balaban J connectivity index is 1.93. The predicted octanol–water partition coefficient (Wildman–Crippen LogP) is 2.53. The van der Waals surface area contributed by atoms with Gasteiger partial charge in [-0.05, 0) is 45.4 Å². The molecule has 1 heterocycles. The van der Waals surface area contributed by atoms with Crippen molar-refractivity contribution >= 4 is 23.2 Å². The van der Waals surface area contributed by atoms with Crippen molar-refractivity contribution < 1.29 is 9.53 Å². The van der Waals surface area contributed by atoms with E-state index >= 15 is 0 Å². The van der Waals surface area contributed by atoms with E-state index in [9.17, 15) is 4.79 Å². The van der Waals surface area contributed by atoms with Gasteiger partial charge in [-0.2, -0.15) is 0 Å². The van der Waals surface area contributed by atoms with E-state index in [1.165, 1.54) is 4.88 Å². The lowest BCUT2D eigenvalue weighted by molar-refractivity contribution is -0.122. The number of carbonyl (C=O) groups is 1. The van der Waals surface area contributed by atoms with E-state index in [0.717, 1.165) is 28.8 Å². The summed E-state index contributed by atoms with van der Waals surface area (Å²) in [6, 6.07) is 7.63. The molecule has 1 aromatic carbocycles. The molecule has 0 bridgehead atoms. The highest BCUT2D eigenvalue weighted by Crippen LogP contribution is 2.16. The predicted molar refractivity (Wildman–Crippen MR) is 114 cm³/mol. The second-order valence-electron chi connectivity index (χ2n) is 6.19. The van der Waals surface area contributed by atoms with Gasteiger partial charge < -0.3 is 20.7 Å². The van der Waals surface area contributed by atoms with Gasteiger partial charge in [0.15, 0.2) is 12.6 Å². The smallest absolute Gasteiger partial charge is 0.257 e. The van der Waals surface area contributed by atoms with Crippen molar-refractivity contribution in [3.63, 3.8) is 0 Å². The van der Waals surface area contributed by atoms with Crippen LogP contribution in [0.2, 0.25) is 0 Å². The minimum atomic E-state index is -0.128. The number of likely N-dealkylation sites (N-methyl/N-ethyl adjacent to an activating group) is 1. The van der Waals surface area contributed by atoms with Crippen LogP contribution in [0.15, 0.2) is 29.3 Å². The molecule has 3 N–H and O–H groups in total. The SMILES string of the molecule is CCNC(=O)COc1cccc(CN=C(NCC)NCc2nc(C)c(C)s2)c1. The topological polar surface area (TPSA) is 87.6 Å². The van der Waals surface area contributed by atoms with E-state index in [1.54, 1.807) is 11.3 Å². The Kier molecular flexibility index (Phi) is 8.74. The molecule has 0 saturated heterocycles. The highest BCUT2D eigenvalue weighted by molar-refractivity contribution is 7.11. The highest BCUT2D eigenvalue weighted by Gasteiger charge is 2.05. The van der Waals surface area contributed by atoms with E-state index in [1.807, 2.05) is 45.0 Å². The van der Waals surface area contributed by atoms with Gasteiger partial charge >= 0.3 is 0 Å². The summed E-state index contributed by atoms with van der Waals surface area (Å²) in [5.74, 6) is 1.27. The first-order chi connectivity index (χ1) is 13.5. The number of aliphatic imine (C=N–C) groups is 1. The molecule has 2 rings (SSSR count). The molecule has 0 aliphatic carbocycles. The maximum atomic E-state index is 11.5. The van der Waals surface area contributed by atoms with Crippen LogP contribution >= 0.6 is 11.3 Å². The Morgan fingerprint density at radius 2 is 1.96 bits per heavy atom. The minimum Gasteiger partial charge on any atom is -0.484 e. The third kappa shape index (κ3) is 7.19. The Morgan fingerprint density at radius 1 is 1.18 bits per heavy atom. The van der Waals surface area contributed by atoms with E-state index in [-0.39, 0.29) is 12.5 Å². The van der Waals surface area contributed by atoms with Crippen molar-refractivity contribution in [3.05, 3.63) is 45.4 Å². The second-order valence-corrected chi connectivity index (χ2v) is 7.48. The number of ether oxygens (including phenoxy) is 1. The fraction of sp³-hybridized carbons (Fsp3) is 0.450. The average molecular weight is 404 g/mol. The zero-order chi connectivity index (χ0) is 20.4. The number of carbonyl (C=O) groups excluding carboxylic acids is 1. The third-order valence-electron chi connectivity index (χ3n) is 3.89. The molecule has 0 radical (unpaired) electrons. The van der Waals surface area contributed by atoms with Gasteiger partial charge in [0.2, 0.25) is 0 Å². The number of rotatable bonds is 9. The summed E-state index contributed by atoms with van der Waals surface area (Å²) >= 11 is 1.70. The standard InChI is InChI=1S/C20H29N5O2S/c1-5-21-18(26)13-27-17-9-7-8-16(10-17)11-23-20(22-6-2)24-12-19-25-14(3)15(4)28-19/h7-10H,5-6,11-13H2,1-4H3,(H,21,26)(H2,22,23,24). The lowest BCUT2D eigenvalue weighted by Crippen LogP contribution is -2.36. The number of benzene rings is 1. The van der Waals surface area contributed by atoms with Crippen LogP contribution in [0.5, 0.6) is 5.75 Å². The molecular formula is C20H29N5O2S. The van der Waals surface area contributed by atoms with Crippen LogP contribution in [0, 0.1) is 13.8 Å². The second kappa shape index (κ2) is 11.3. The quantitative estimate of drug-likeness (QED) is 0.442. The molecule has 1 aromatic heterocycles. The van der Waals surface area contributed by atoms with Crippen LogP contribution in [-0.4, -0.2) is 36.5 Å². The van der Waals surface area contributed by atoms with Gasteiger partial charge in [0.05, 0.1) is 18.8 Å². The monoisotopic (exact) mass is 403 g/mol. The lowest BCUT2D eigenvalue weighted by Gasteiger charge is -2.11. The molecule has 0 aliphatic heterocycles. The summed E-state index contributed by atoms with van der Waals surface area (Å²) in [6.45, 7) is 10.5. The van der Waals surface area contributed by atoms with Crippen LogP contribution in [0.3, 0.4) is 0 Å². The van der Waals surface area contributed by atoms with Crippen LogP contribution < -0.4 is 20.7 Å². The first-order valence-electron chi connectivity index (χ1n) is 9.45. The van der Waals surface area contributed by atoms with Crippen molar-refractivity contribution in [3.8, 4) is 5.75 Å². The zero-order valence-electron chi connectivity index (χ0n) is 17.0. The number of nitrogens with zero attached hydrogens (tertiary/aromatic N) is 2. The molecule has 8 heteroatoms. The minimum absolute atomic E-state index is 0.0113. The van der Waals surface area contributed by atoms with Gasteiger partial charge in [-0.3, -0.25) is 4.79 Å². The van der Waals surface area contributed by atoms with E-state index in [4.69, 9.17) is 4.74 Å². The molecule has 2 aromatic rings. The number of hydrogen-bond donors (Lipinski definition) is 3. The number of nitrogens with one attached hydrogen (secondary N) is 3. The molecule has 152 valence electrons. The van der Waals surface area contributed by atoms with E-state index in [0.29, 0.717) is 25.4 Å². The number of amides is 1. The number of hydrogen-bond acceptors (Lipinski definition) is 5. The summed E-state index contributed by atoms with van der Waals surface area (Å²) in [7, 11) is 0. The average Bonchev–Trinajstić information content (AvgIpc) is 3.00. The summed E-state index contributed by atoms with van der Waals surface area (Å²) in [5.41, 5.74) is 2.08. The first kappa shape index (κ1) is 21.7. The van der Waals surface area contributed by atoms with Crippen molar-refractivity contribution in [1.82, 2.24) is 20.9 Å². The van der Waals surface area contributed by atoms with Crippen molar-refractivity contribution in [2.24, 2.45) is 4.99 Å².